The summed E-state index contributed by atoms with van der Waals surface area (Å²) in [6.45, 7) is 7.60. The standard InChI is InChI=1S/C21H29ClN4OS/c1-3-4-5-17-23-20(26-10-8-25(9-11-26)18(27)13-22)19-15-7-6-14(2)12-16(15)28-21(19)24-17/h14H,3-13H2,1-2H3. The summed E-state index contributed by atoms with van der Waals surface area (Å²) >= 11 is 7.62. The number of rotatable bonds is 5. The molecule has 28 heavy (non-hydrogen) atoms. The molecule has 0 bridgehead atoms. The molecule has 1 atom stereocenters. The van der Waals surface area contributed by atoms with Crippen LogP contribution in [0.25, 0.3) is 10.2 Å². The van der Waals surface area contributed by atoms with Crippen LogP contribution in [0, 0.1) is 5.92 Å². The van der Waals surface area contributed by atoms with E-state index >= 15 is 0 Å². The van der Waals surface area contributed by atoms with E-state index in [1.807, 2.05) is 16.2 Å². The van der Waals surface area contributed by atoms with Gasteiger partial charge in [-0.1, -0.05) is 20.3 Å². The lowest BCUT2D eigenvalue weighted by molar-refractivity contribution is -0.128. The smallest absolute Gasteiger partial charge is 0.237 e. The van der Waals surface area contributed by atoms with Gasteiger partial charge < -0.3 is 9.80 Å². The molecule has 0 N–H and O–H groups in total. The normalized spacial score (nSPS) is 19.9. The minimum Gasteiger partial charge on any atom is -0.352 e. The Bertz CT molecular complexity index is 860. The summed E-state index contributed by atoms with van der Waals surface area (Å²) in [5, 5.41) is 1.28. The third-order valence-corrected chi connectivity index (χ3v) is 7.36. The summed E-state index contributed by atoms with van der Waals surface area (Å²) in [5.41, 5.74) is 1.48. The second kappa shape index (κ2) is 8.54. The molecule has 152 valence electrons. The zero-order valence-electron chi connectivity index (χ0n) is 16.8. The zero-order chi connectivity index (χ0) is 19.7. The minimum atomic E-state index is 0.0275. The number of hydrogen-bond acceptors (Lipinski definition) is 5. The third-order valence-electron chi connectivity index (χ3n) is 5.98. The fraction of sp³-hybridized carbons (Fsp3) is 0.667. The Morgan fingerprint density at radius 1 is 1.25 bits per heavy atom. The molecule has 1 fully saturated rings. The number of hydrogen-bond donors (Lipinski definition) is 0. The first-order valence-corrected chi connectivity index (χ1v) is 11.9. The Labute approximate surface area is 176 Å². The van der Waals surface area contributed by atoms with E-state index in [1.54, 1.807) is 0 Å². The van der Waals surface area contributed by atoms with Crippen LogP contribution < -0.4 is 4.90 Å². The van der Waals surface area contributed by atoms with Gasteiger partial charge in [-0.15, -0.1) is 22.9 Å². The second-order valence-corrected chi connectivity index (χ2v) is 9.45. The van der Waals surface area contributed by atoms with Crippen molar-refractivity contribution in [3.63, 3.8) is 0 Å². The van der Waals surface area contributed by atoms with Gasteiger partial charge >= 0.3 is 0 Å². The van der Waals surface area contributed by atoms with Gasteiger partial charge in [-0.3, -0.25) is 4.79 Å². The van der Waals surface area contributed by atoms with E-state index < -0.39 is 0 Å². The highest BCUT2D eigenvalue weighted by Gasteiger charge is 2.28. The van der Waals surface area contributed by atoms with Gasteiger partial charge in [-0.25, -0.2) is 9.97 Å². The van der Waals surface area contributed by atoms with Crippen molar-refractivity contribution in [3.05, 3.63) is 16.3 Å². The molecule has 0 aromatic carbocycles. The summed E-state index contributed by atoms with van der Waals surface area (Å²) in [7, 11) is 0. The molecule has 2 aliphatic rings. The lowest BCUT2D eigenvalue weighted by Crippen LogP contribution is -2.49. The van der Waals surface area contributed by atoms with Gasteiger partial charge in [0.15, 0.2) is 0 Å². The van der Waals surface area contributed by atoms with E-state index in [0.717, 1.165) is 67.6 Å². The number of halogens is 1. The first-order valence-electron chi connectivity index (χ1n) is 10.5. The maximum atomic E-state index is 11.9. The number of aromatic nitrogens is 2. The van der Waals surface area contributed by atoms with Gasteiger partial charge in [-0.05, 0) is 37.2 Å². The van der Waals surface area contributed by atoms with Gasteiger partial charge in [0.25, 0.3) is 0 Å². The molecule has 1 amide bonds. The van der Waals surface area contributed by atoms with Crippen molar-refractivity contribution in [1.82, 2.24) is 14.9 Å². The Morgan fingerprint density at radius 2 is 2.04 bits per heavy atom. The number of amides is 1. The molecule has 1 aliphatic carbocycles. The van der Waals surface area contributed by atoms with E-state index in [1.165, 1.54) is 22.2 Å². The largest absolute Gasteiger partial charge is 0.352 e. The SMILES string of the molecule is CCCCc1nc(N2CCN(C(=O)CCl)CC2)c2c3c(sc2n1)CC(C)CC3. The second-order valence-electron chi connectivity index (χ2n) is 8.10. The number of anilines is 1. The maximum Gasteiger partial charge on any atom is 0.237 e. The average Bonchev–Trinajstić information content (AvgIpc) is 3.08. The average molecular weight is 421 g/mol. The van der Waals surface area contributed by atoms with Gasteiger partial charge in [0.2, 0.25) is 5.91 Å². The maximum absolute atomic E-state index is 11.9. The molecule has 0 spiro atoms. The Kier molecular flexibility index (Phi) is 6.07. The van der Waals surface area contributed by atoms with Crippen LogP contribution in [0.5, 0.6) is 0 Å². The lowest BCUT2D eigenvalue weighted by atomic mass is 9.89. The van der Waals surface area contributed by atoms with Gasteiger partial charge in [0, 0.05) is 37.5 Å². The molecule has 3 heterocycles. The van der Waals surface area contributed by atoms with Crippen LogP contribution in [0.2, 0.25) is 0 Å². The van der Waals surface area contributed by atoms with E-state index in [4.69, 9.17) is 21.6 Å². The van der Waals surface area contributed by atoms with Crippen LogP contribution in [-0.4, -0.2) is 52.8 Å². The molecule has 5 nitrogen and oxygen atoms in total. The van der Waals surface area contributed by atoms with Crippen molar-refractivity contribution in [2.75, 3.05) is 37.0 Å². The molecule has 2 aromatic rings. The van der Waals surface area contributed by atoms with Crippen LogP contribution in [0.3, 0.4) is 0 Å². The zero-order valence-corrected chi connectivity index (χ0v) is 18.4. The highest BCUT2D eigenvalue weighted by atomic mass is 35.5. The van der Waals surface area contributed by atoms with E-state index in [2.05, 4.69) is 18.7 Å². The molecule has 1 aliphatic heterocycles. The molecular weight excluding hydrogens is 392 g/mol. The van der Waals surface area contributed by atoms with Gasteiger partial charge in [0.05, 0.1) is 5.39 Å². The highest BCUT2D eigenvalue weighted by molar-refractivity contribution is 7.19. The highest BCUT2D eigenvalue weighted by Crippen LogP contribution is 2.41. The summed E-state index contributed by atoms with van der Waals surface area (Å²) in [6, 6.07) is 0. The van der Waals surface area contributed by atoms with Crippen LogP contribution in [-0.2, 0) is 24.1 Å². The summed E-state index contributed by atoms with van der Waals surface area (Å²) in [4.78, 5) is 28.8. The number of fused-ring (bicyclic) bond motifs is 3. The molecule has 2 aromatic heterocycles. The van der Waals surface area contributed by atoms with Crippen molar-refractivity contribution in [2.45, 2.75) is 52.4 Å². The van der Waals surface area contributed by atoms with Crippen LogP contribution in [0.4, 0.5) is 5.82 Å². The van der Waals surface area contributed by atoms with Crippen LogP contribution in [0.1, 0.15) is 49.4 Å². The molecule has 0 radical (unpaired) electrons. The predicted molar refractivity (Wildman–Crippen MR) is 117 cm³/mol. The lowest BCUT2D eigenvalue weighted by Gasteiger charge is -2.35. The fourth-order valence-corrected chi connectivity index (χ4v) is 5.86. The van der Waals surface area contributed by atoms with E-state index in [9.17, 15) is 4.79 Å². The molecular formula is C21H29ClN4OS. The van der Waals surface area contributed by atoms with E-state index in [-0.39, 0.29) is 11.8 Å². The molecule has 1 unspecified atom stereocenters. The quantitative estimate of drug-likeness (QED) is 0.685. The summed E-state index contributed by atoms with van der Waals surface area (Å²) in [6.07, 6.45) is 6.74. The number of carbonyl (C=O) groups is 1. The van der Waals surface area contributed by atoms with Gasteiger partial charge in [-0.2, -0.15) is 0 Å². The van der Waals surface area contributed by atoms with Crippen LogP contribution >= 0.6 is 22.9 Å². The number of nitrogens with zero attached hydrogens (tertiary/aromatic N) is 4. The topological polar surface area (TPSA) is 49.3 Å². The third kappa shape index (κ3) is 3.86. The van der Waals surface area contributed by atoms with Crippen molar-refractivity contribution in [3.8, 4) is 0 Å². The minimum absolute atomic E-state index is 0.0275. The van der Waals surface area contributed by atoms with Gasteiger partial charge in [0.1, 0.15) is 22.4 Å². The van der Waals surface area contributed by atoms with Crippen molar-refractivity contribution in [1.29, 1.82) is 0 Å². The fourth-order valence-electron chi connectivity index (χ4n) is 4.29. The molecule has 4 rings (SSSR count). The first-order chi connectivity index (χ1) is 13.6. The predicted octanol–water partition coefficient (Wildman–Crippen LogP) is 4.05. The summed E-state index contributed by atoms with van der Waals surface area (Å²) in [5.74, 6) is 2.91. The number of carbonyl (C=O) groups excluding carboxylic acids is 1. The Morgan fingerprint density at radius 3 is 2.75 bits per heavy atom. The number of alkyl halides is 1. The monoisotopic (exact) mass is 420 g/mol. The molecule has 1 saturated heterocycles. The van der Waals surface area contributed by atoms with Crippen molar-refractivity contribution in [2.24, 2.45) is 5.92 Å². The van der Waals surface area contributed by atoms with Crippen molar-refractivity contribution >= 4 is 44.9 Å². The number of piperazine rings is 1. The van der Waals surface area contributed by atoms with Crippen LogP contribution in [0.15, 0.2) is 0 Å². The number of unbranched alkanes of at least 4 members (excludes halogenated alkanes) is 1. The number of aryl methyl sites for hydroxylation is 2. The molecule has 0 saturated carbocycles. The first kappa shape index (κ1) is 19.9. The van der Waals surface area contributed by atoms with E-state index in [0.29, 0.717) is 13.1 Å². The Hall–Kier alpha value is -1.40. The molecule has 7 heteroatoms. The summed E-state index contributed by atoms with van der Waals surface area (Å²) < 4.78 is 0. The number of thiophene rings is 1. The van der Waals surface area contributed by atoms with Crippen molar-refractivity contribution < 1.29 is 4.79 Å². The Balaban J connectivity index is 1.70.